The molecule has 0 amide bonds. The molecule has 0 aliphatic carbocycles. The first-order valence-electron chi connectivity index (χ1n) is 9.61. The molecular weight excluding hydrogens is 465 g/mol. The smallest absolute Gasteiger partial charge is 0.161 e. The number of hydrogen-bond donors (Lipinski definition) is 2. The van der Waals surface area contributed by atoms with Crippen LogP contribution in [-0.4, -0.2) is 23.1 Å². The SMILES string of the molecule is Cl.Cl.NCCCCCCNc1nc(/C=C/c2ccc(Cl)cc2)nc2cc(F)c(F)cc12. The lowest BCUT2D eigenvalue weighted by Gasteiger charge is -2.10. The average molecular weight is 490 g/mol. The van der Waals surface area contributed by atoms with Gasteiger partial charge in [-0.25, -0.2) is 18.7 Å². The number of aromatic nitrogens is 2. The van der Waals surface area contributed by atoms with Crippen LogP contribution in [0.15, 0.2) is 36.4 Å². The third kappa shape index (κ3) is 7.89. The topological polar surface area (TPSA) is 63.8 Å². The minimum Gasteiger partial charge on any atom is -0.369 e. The van der Waals surface area contributed by atoms with Crippen molar-refractivity contribution in [2.45, 2.75) is 25.7 Å². The fourth-order valence-corrected chi connectivity index (χ4v) is 3.05. The highest BCUT2D eigenvalue weighted by Crippen LogP contribution is 2.24. The van der Waals surface area contributed by atoms with E-state index in [1.54, 1.807) is 18.2 Å². The Labute approximate surface area is 198 Å². The molecule has 3 aromatic rings. The van der Waals surface area contributed by atoms with E-state index in [1.807, 2.05) is 18.2 Å². The number of nitrogens with one attached hydrogen (secondary N) is 1. The third-order valence-electron chi connectivity index (χ3n) is 4.47. The van der Waals surface area contributed by atoms with Crippen molar-refractivity contribution in [2.24, 2.45) is 5.73 Å². The number of nitrogens with zero attached hydrogens (tertiary/aromatic N) is 2. The number of rotatable bonds is 9. The Balaban J connectivity index is 0.00000240. The van der Waals surface area contributed by atoms with Crippen molar-refractivity contribution in [1.29, 1.82) is 0 Å². The molecule has 9 heteroatoms. The molecule has 0 saturated heterocycles. The van der Waals surface area contributed by atoms with E-state index >= 15 is 0 Å². The monoisotopic (exact) mass is 488 g/mol. The van der Waals surface area contributed by atoms with Gasteiger partial charge in [0.05, 0.1) is 5.52 Å². The molecular formula is C22H25Cl3F2N4. The highest BCUT2D eigenvalue weighted by molar-refractivity contribution is 6.30. The van der Waals surface area contributed by atoms with Crippen molar-refractivity contribution in [3.63, 3.8) is 0 Å². The van der Waals surface area contributed by atoms with Gasteiger partial charge in [0.2, 0.25) is 0 Å². The standard InChI is InChI=1S/C22H23ClF2N4.2ClH/c23-16-8-5-15(6-9-16)7-10-21-28-20-14-19(25)18(24)13-17(20)22(29-21)27-12-4-2-1-3-11-26;;/h5-10,13-14H,1-4,11-12,26H2,(H,27,28,29);2*1H/b10-7+;;. The number of hydrogen-bond acceptors (Lipinski definition) is 4. The van der Waals surface area contributed by atoms with Crippen LogP contribution in [0.25, 0.3) is 23.1 Å². The van der Waals surface area contributed by atoms with Gasteiger partial charge >= 0.3 is 0 Å². The zero-order valence-corrected chi connectivity index (χ0v) is 19.2. The molecule has 0 atom stereocenters. The summed E-state index contributed by atoms with van der Waals surface area (Å²) < 4.78 is 27.5. The zero-order valence-electron chi connectivity index (χ0n) is 16.8. The van der Waals surface area contributed by atoms with Crippen molar-refractivity contribution in [3.8, 4) is 0 Å². The Hall–Kier alpha value is -1.99. The van der Waals surface area contributed by atoms with E-state index in [1.165, 1.54) is 0 Å². The van der Waals surface area contributed by atoms with Crippen LogP contribution in [0.4, 0.5) is 14.6 Å². The number of halogens is 5. The fraction of sp³-hybridized carbons (Fsp3) is 0.273. The summed E-state index contributed by atoms with van der Waals surface area (Å²) in [4.78, 5) is 8.85. The van der Waals surface area contributed by atoms with E-state index in [4.69, 9.17) is 17.3 Å². The maximum Gasteiger partial charge on any atom is 0.161 e. The predicted octanol–water partition coefficient (Wildman–Crippen LogP) is 6.51. The molecule has 1 aromatic heterocycles. The normalized spacial score (nSPS) is 10.7. The third-order valence-corrected chi connectivity index (χ3v) is 4.73. The molecule has 0 spiro atoms. The minimum absolute atomic E-state index is 0. The maximum atomic E-state index is 13.8. The van der Waals surface area contributed by atoms with Crippen molar-refractivity contribution in [1.82, 2.24) is 9.97 Å². The van der Waals surface area contributed by atoms with Crippen LogP contribution in [-0.2, 0) is 0 Å². The van der Waals surface area contributed by atoms with E-state index < -0.39 is 11.6 Å². The van der Waals surface area contributed by atoms with Gasteiger partial charge in [0.25, 0.3) is 0 Å². The van der Waals surface area contributed by atoms with Gasteiger partial charge < -0.3 is 11.1 Å². The molecule has 0 aliphatic rings. The van der Waals surface area contributed by atoms with Gasteiger partial charge in [-0.3, -0.25) is 0 Å². The van der Waals surface area contributed by atoms with Crippen LogP contribution in [0.3, 0.4) is 0 Å². The van der Waals surface area contributed by atoms with E-state index in [9.17, 15) is 8.78 Å². The Kier molecular flexibility index (Phi) is 11.7. The molecule has 0 fully saturated rings. The summed E-state index contributed by atoms with van der Waals surface area (Å²) in [7, 11) is 0. The quantitative estimate of drug-likeness (QED) is 0.336. The van der Waals surface area contributed by atoms with E-state index in [-0.39, 0.29) is 24.8 Å². The second-order valence-corrected chi connectivity index (χ2v) is 7.16. The molecule has 0 unspecified atom stereocenters. The van der Waals surface area contributed by atoms with Gasteiger partial charge in [-0.05, 0) is 49.2 Å². The van der Waals surface area contributed by atoms with Gasteiger partial charge in [-0.15, -0.1) is 24.8 Å². The molecule has 168 valence electrons. The number of anilines is 1. The van der Waals surface area contributed by atoms with E-state index in [0.717, 1.165) is 43.4 Å². The molecule has 0 aliphatic heterocycles. The number of benzene rings is 2. The number of unbranched alkanes of at least 4 members (excludes halogenated alkanes) is 3. The summed E-state index contributed by atoms with van der Waals surface area (Å²) in [6, 6.07) is 9.55. The summed E-state index contributed by atoms with van der Waals surface area (Å²) in [5.74, 6) is -0.958. The molecule has 0 bridgehead atoms. The Morgan fingerprint density at radius 2 is 1.58 bits per heavy atom. The molecule has 4 nitrogen and oxygen atoms in total. The Bertz CT molecular complexity index is 998. The Morgan fingerprint density at radius 1 is 0.903 bits per heavy atom. The first-order valence-corrected chi connectivity index (χ1v) is 9.99. The van der Waals surface area contributed by atoms with E-state index in [2.05, 4.69) is 15.3 Å². The van der Waals surface area contributed by atoms with Crippen LogP contribution < -0.4 is 11.1 Å². The van der Waals surface area contributed by atoms with Crippen LogP contribution in [0.1, 0.15) is 37.1 Å². The van der Waals surface area contributed by atoms with Crippen LogP contribution in [0, 0.1) is 11.6 Å². The second kappa shape index (κ2) is 13.4. The molecule has 1 heterocycles. The van der Waals surface area contributed by atoms with Gasteiger partial charge in [0.1, 0.15) is 5.82 Å². The average Bonchev–Trinajstić information content (AvgIpc) is 2.71. The van der Waals surface area contributed by atoms with Crippen LogP contribution in [0.5, 0.6) is 0 Å². The van der Waals surface area contributed by atoms with Crippen molar-refractivity contribution >= 4 is 65.3 Å². The molecule has 2 aromatic carbocycles. The van der Waals surface area contributed by atoms with Gasteiger partial charge in [-0.2, -0.15) is 0 Å². The highest BCUT2D eigenvalue weighted by atomic mass is 35.5. The fourth-order valence-electron chi connectivity index (χ4n) is 2.93. The number of fused-ring (bicyclic) bond motifs is 1. The summed E-state index contributed by atoms with van der Waals surface area (Å²) >= 11 is 5.90. The highest BCUT2D eigenvalue weighted by Gasteiger charge is 2.11. The first-order chi connectivity index (χ1) is 14.1. The lowest BCUT2D eigenvalue weighted by molar-refractivity contribution is 0.510. The van der Waals surface area contributed by atoms with Crippen LogP contribution >= 0.6 is 36.4 Å². The Morgan fingerprint density at radius 3 is 2.29 bits per heavy atom. The summed E-state index contributed by atoms with van der Waals surface area (Å²) in [6.45, 7) is 1.37. The zero-order chi connectivity index (χ0) is 20.6. The largest absolute Gasteiger partial charge is 0.369 e. The van der Waals surface area contributed by atoms with Crippen LogP contribution in [0.2, 0.25) is 5.02 Å². The van der Waals surface area contributed by atoms with Gasteiger partial charge in [0.15, 0.2) is 17.5 Å². The van der Waals surface area contributed by atoms with Gasteiger partial charge in [0, 0.05) is 23.0 Å². The van der Waals surface area contributed by atoms with Crippen molar-refractivity contribution in [3.05, 3.63) is 64.4 Å². The molecule has 0 saturated carbocycles. The molecule has 31 heavy (non-hydrogen) atoms. The van der Waals surface area contributed by atoms with E-state index in [0.29, 0.717) is 40.7 Å². The second-order valence-electron chi connectivity index (χ2n) is 6.73. The predicted molar refractivity (Wildman–Crippen MR) is 130 cm³/mol. The molecule has 3 N–H and O–H groups in total. The van der Waals surface area contributed by atoms with Crippen molar-refractivity contribution < 1.29 is 8.78 Å². The lowest BCUT2D eigenvalue weighted by Crippen LogP contribution is -2.07. The van der Waals surface area contributed by atoms with Crippen molar-refractivity contribution in [2.75, 3.05) is 18.4 Å². The summed E-state index contributed by atoms with van der Waals surface area (Å²) in [6.07, 6.45) is 7.62. The molecule has 3 rings (SSSR count). The maximum absolute atomic E-state index is 13.8. The van der Waals surface area contributed by atoms with Gasteiger partial charge in [-0.1, -0.05) is 42.7 Å². The lowest BCUT2D eigenvalue weighted by atomic mass is 10.2. The summed E-state index contributed by atoms with van der Waals surface area (Å²) in [5, 5.41) is 4.34. The molecule has 0 radical (unpaired) electrons. The first kappa shape index (κ1) is 27.0. The number of nitrogens with two attached hydrogens (primary N) is 1. The summed E-state index contributed by atoms with van der Waals surface area (Å²) in [5.41, 5.74) is 6.78. The minimum atomic E-state index is -0.934.